The molecule has 14 heteroatoms. The zero-order chi connectivity index (χ0) is 40.1. The van der Waals surface area contributed by atoms with Crippen molar-refractivity contribution in [2.24, 2.45) is 0 Å². The molecular formula is C42H29BO13. The lowest BCUT2D eigenvalue weighted by Crippen LogP contribution is -1.98. The van der Waals surface area contributed by atoms with E-state index in [1.807, 2.05) is 18.2 Å². The van der Waals surface area contributed by atoms with Crippen LogP contribution in [0, 0.1) is 0 Å². The predicted molar refractivity (Wildman–Crippen MR) is 211 cm³/mol. The van der Waals surface area contributed by atoms with Gasteiger partial charge in [-0.3, -0.25) is 0 Å². The third-order valence-electron chi connectivity index (χ3n) is 10.1. The van der Waals surface area contributed by atoms with Gasteiger partial charge in [0.1, 0.15) is 19.2 Å². The lowest BCUT2D eigenvalue weighted by Gasteiger charge is -2.23. The van der Waals surface area contributed by atoms with E-state index in [0.29, 0.717) is 45.7 Å². The molecule has 0 amide bonds. The minimum atomic E-state index is -1.17. The monoisotopic (exact) mass is 752 g/mol. The Labute approximate surface area is 316 Å². The first kappa shape index (κ1) is 35.3. The number of aliphatic hydroxyl groups is 3. The van der Waals surface area contributed by atoms with Crippen LogP contribution in [0.2, 0.25) is 0 Å². The summed E-state index contributed by atoms with van der Waals surface area (Å²) >= 11 is 0. The van der Waals surface area contributed by atoms with Gasteiger partial charge in [0.15, 0.2) is 45.8 Å². The van der Waals surface area contributed by atoms with Crippen LogP contribution in [0.15, 0.2) is 71.1 Å². The highest BCUT2D eigenvalue weighted by Gasteiger charge is 2.33. The average Bonchev–Trinajstić information content (AvgIpc) is 3.40. The minimum absolute atomic E-state index is 0.0617. The number of aliphatic hydroxyl groups excluding tert-OH is 3. The van der Waals surface area contributed by atoms with Crippen molar-refractivity contribution in [2.75, 3.05) is 0 Å². The number of aromatic hydroxyl groups is 9. The third-order valence-corrected chi connectivity index (χ3v) is 10.1. The summed E-state index contributed by atoms with van der Waals surface area (Å²) in [5.41, 5.74) is 0.858. The molecule has 0 saturated carbocycles. The lowest BCUT2D eigenvalue weighted by molar-refractivity contribution is 0.347. The van der Waals surface area contributed by atoms with Crippen molar-refractivity contribution in [3.05, 3.63) is 88.9 Å². The second kappa shape index (κ2) is 12.4. The molecule has 12 N–H and O–H groups in total. The molecule has 0 bridgehead atoms. The number of allylic oxidation sites excluding steroid dienone is 3. The summed E-state index contributed by atoms with van der Waals surface area (Å²) in [7, 11) is 5.94. The summed E-state index contributed by atoms with van der Waals surface area (Å²) in [6.45, 7) is 1.18. The molecule has 13 nitrogen and oxygen atoms in total. The number of phenols is 9. The first-order chi connectivity index (χ1) is 26.7. The number of furan rings is 1. The van der Waals surface area contributed by atoms with Gasteiger partial charge in [0, 0.05) is 27.5 Å². The topological polar surface area (TPSA) is 256 Å². The molecule has 0 saturated heterocycles. The maximum Gasteiger partial charge on any atom is 0.205 e. The molecule has 1 aliphatic carbocycles. The van der Waals surface area contributed by atoms with Crippen LogP contribution in [0.5, 0.6) is 51.7 Å². The maximum absolute atomic E-state index is 11.5. The van der Waals surface area contributed by atoms with Crippen LogP contribution in [0.3, 0.4) is 0 Å². The van der Waals surface area contributed by atoms with E-state index in [-0.39, 0.29) is 38.6 Å². The third kappa shape index (κ3) is 4.68. The highest BCUT2D eigenvalue weighted by atomic mass is 16.4. The Morgan fingerprint density at radius 3 is 1.77 bits per heavy atom. The SMILES string of the molecule is [B]/C(=C\O)c1c(O)c(O)c2c(oc3ccc(-c4c5c(c(-c6c(O)c(O)c(O)c7c(O)c(O)c(O)c(O)c67)c6ccccc46)C=CCC=C5)cc32)c1/C(O)=C(\C)O. The van der Waals surface area contributed by atoms with Crippen molar-refractivity contribution >= 4 is 74.7 Å². The van der Waals surface area contributed by atoms with Gasteiger partial charge < -0.3 is 65.7 Å². The smallest absolute Gasteiger partial charge is 0.205 e. The van der Waals surface area contributed by atoms with E-state index in [0.717, 1.165) is 0 Å². The van der Waals surface area contributed by atoms with E-state index in [2.05, 4.69) is 0 Å². The number of fused-ring (bicyclic) bond motifs is 6. The van der Waals surface area contributed by atoms with Crippen molar-refractivity contribution in [2.45, 2.75) is 13.3 Å². The van der Waals surface area contributed by atoms with Gasteiger partial charge in [-0.25, -0.2) is 0 Å². The Morgan fingerprint density at radius 2 is 1.16 bits per heavy atom. The first-order valence-electron chi connectivity index (χ1n) is 16.8. The normalized spacial score (nSPS) is 13.5. The van der Waals surface area contributed by atoms with E-state index in [1.165, 1.54) is 6.92 Å². The van der Waals surface area contributed by atoms with Crippen LogP contribution in [0.4, 0.5) is 0 Å². The minimum Gasteiger partial charge on any atom is -0.516 e. The molecule has 1 aliphatic rings. The Kier molecular flexibility index (Phi) is 7.83. The fourth-order valence-electron chi connectivity index (χ4n) is 7.62. The quantitative estimate of drug-likeness (QED) is 0.0348. The van der Waals surface area contributed by atoms with Crippen LogP contribution >= 0.6 is 0 Å². The van der Waals surface area contributed by atoms with Gasteiger partial charge in [0.25, 0.3) is 0 Å². The molecule has 56 heavy (non-hydrogen) atoms. The van der Waals surface area contributed by atoms with E-state index in [1.54, 1.807) is 48.5 Å². The highest BCUT2D eigenvalue weighted by molar-refractivity contribution is 6.43. The zero-order valence-electron chi connectivity index (χ0n) is 29.0. The van der Waals surface area contributed by atoms with Gasteiger partial charge in [-0.2, -0.15) is 0 Å². The van der Waals surface area contributed by atoms with Crippen LogP contribution in [-0.2, 0) is 0 Å². The van der Waals surface area contributed by atoms with E-state index in [4.69, 9.17) is 12.3 Å². The molecule has 1 aromatic heterocycles. The molecule has 0 spiro atoms. The summed E-state index contributed by atoms with van der Waals surface area (Å²) in [5.74, 6) is -10.2. The van der Waals surface area contributed by atoms with Crippen molar-refractivity contribution in [1.82, 2.24) is 0 Å². The van der Waals surface area contributed by atoms with Gasteiger partial charge in [-0.15, -0.1) is 0 Å². The molecule has 278 valence electrons. The van der Waals surface area contributed by atoms with Gasteiger partial charge in [-0.05, 0) is 58.5 Å². The summed E-state index contributed by atoms with van der Waals surface area (Å²) < 4.78 is 6.11. The standard InChI is InChI=1S/C42H29BO13/c1-15(45)32(46)31-27(22(43)14-44)34(48)33(47)26-21-13-16(11-12-23(21)56-42(26)31)24-17-7-3-2-4-8-19(17)25(20-10-6-5-9-18(20)24)28-29-30(37(51)39(53)35(28)49)38(52)41(55)40(54)36(29)50/h3-14,44-55H,2H2,1H3/b22-14-,32-15-. The van der Waals surface area contributed by atoms with Crippen molar-refractivity contribution in [3.63, 3.8) is 0 Å². The second-order valence-electron chi connectivity index (χ2n) is 13.2. The van der Waals surface area contributed by atoms with Crippen LogP contribution in [-0.4, -0.2) is 69.1 Å². The molecule has 6 aromatic carbocycles. The predicted octanol–water partition coefficient (Wildman–Crippen LogP) is 8.84. The lowest BCUT2D eigenvalue weighted by atomic mass is 9.81. The fourth-order valence-corrected chi connectivity index (χ4v) is 7.62. The van der Waals surface area contributed by atoms with Crippen molar-refractivity contribution in [3.8, 4) is 74.0 Å². The Morgan fingerprint density at radius 1 is 0.607 bits per heavy atom. The molecule has 0 fully saturated rings. The highest BCUT2D eigenvalue weighted by Crippen LogP contribution is 2.61. The number of hydrogen-bond donors (Lipinski definition) is 12. The van der Waals surface area contributed by atoms with E-state index < -0.39 is 85.1 Å². The Hall–Kier alpha value is -7.74. The number of phenolic OH excluding ortho intramolecular Hbond substituents is 9. The summed E-state index contributed by atoms with van der Waals surface area (Å²) in [5, 5.41) is 130. The second-order valence-corrected chi connectivity index (χ2v) is 13.2. The molecule has 8 rings (SSSR count). The number of rotatable bonds is 4. The molecule has 0 unspecified atom stereocenters. The molecule has 0 aliphatic heterocycles. The average molecular weight is 752 g/mol. The maximum atomic E-state index is 11.5. The van der Waals surface area contributed by atoms with Crippen LogP contribution in [0.25, 0.3) is 89.1 Å². The number of hydrogen-bond acceptors (Lipinski definition) is 13. The molecule has 7 aromatic rings. The molecule has 2 radical (unpaired) electrons. The summed E-state index contributed by atoms with van der Waals surface area (Å²) in [6, 6.07) is 11.9. The Balaban J connectivity index is 1.53. The number of benzene rings is 6. The van der Waals surface area contributed by atoms with Gasteiger partial charge >= 0.3 is 0 Å². The van der Waals surface area contributed by atoms with Gasteiger partial charge in [-0.1, -0.05) is 60.1 Å². The van der Waals surface area contributed by atoms with Crippen LogP contribution < -0.4 is 0 Å². The van der Waals surface area contributed by atoms with Gasteiger partial charge in [0.05, 0.1) is 22.6 Å². The van der Waals surface area contributed by atoms with E-state index in [9.17, 15) is 61.3 Å². The Bertz CT molecular complexity index is 3030. The van der Waals surface area contributed by atoms with Crippen molar-refractivity contribution in [1.29, 1.82) is 0 Å². The first-order valence-corrected chi connectivity index (χ1v) is 16.8. The van der Waals surface area contributed by atoms with Gasteiger partial charge in [0.2, 0.25) is 17.2 Å². The van der Waals surface area contributed by atoms with E-state index >= 15 is 0 Å². The molecule has 0 atom stereocenters. The van der Waals surface area contributed by atoms with Crippen molar-refractivity contribution < 1.29 is 65.7 Å². The summed E-state index contributed by atoms with van der Waals surface area (Å²) in [4.78, 5) is 0. The summed E-state index contributed by atoms with van der Waals surface area (Å²) in [6.07, 6.45) is 8.12. The fraction of sp³-hybridized carbons (Fsp3) is 0.0476. The van der Waals surface area contributed by atoms with Crippen LogP contribution in [0.1, 0.15) is 35.6 Å². The zero-order valence-corrected chi connectivity index (χ0v) is 29.0. The molecular weight excluding hydrogens is 723 g/mol. The molecule has 1 heterocycles. The largest absolute Gasteiger partial charge is 0.516 e.